The molecular formula is C12H10N4. The van der Waals surface area contributed by atoms with Crippen molar-refractivity contribution >= 4 is 16.6 Å². The summed E-state index contributed by atoms with van der Waals surface area (Å²) in [5.41, 5.74) is 8.54. The SMILES string of the molecule is Nc1c(-c2ncccn2)[nH]c2ccccc12. The average Bonchev–Trinajstić information content (AvgIpc) is 2.69. The summed E-state index contributed by atoms with van der Waals surface area (Å²) in [5.74, 6) is 0.621. The van der Waals surface area contributed by atoms with E-state index < -0.39 is 0 Å². The van der Waals surface area contributed by atoms with Crippen molar-refractivity contribution in [3.8, 4) is 11.5 Å². The maximum absolute atomic E-state index is 6.06. The van der Waals surface area contributed by atoms with Gasteiger partial charge in [-0.15, -0.1) is 0 Å². The summed E-state index contributed by atoms with van der Waals surface area (Å²) in [5, 5.41) is 1.00. The second-order valence-corrected chi connectivity index (χ2v) is 3.53. The van der Waals surface area contributed by atoms with Gasteiger partial charge in [-0.3, -0.25) is 0 Å². The normalized spacial score (nSPS) is 10.8. The van der Waals surface area contributed by atoms with E-state index in [9.17, 15) is 0 Å². The molecule has 0 radical (unpaired) electrons. The van der Waals surface area contributed by atoms with Gasteiger partial charge in [0.2, 0.25) is 0 Å². The fourth-order valence-electron chi connectivity index (χ4n) is 1.77. The minimum absolute atomic E-state index is 0.621. The van der Waals surface area contributed by atoms with E-state index in [-0.39, 0.29) is 0 Å². The van der Waals surface area contributed by atoms with Crippen molar-refractivity contribution in [2.75, 3.05) is 5.73 Å². The first-order valence-electron chi connectivity index (χ1n) is 5.00. The summed E-state index contributed by atoms with van der Waals surface area (Å²) in [7, 11) is 0. The van der Waals surface area contributed by atoms with Crippen LogP contribution in [0.2, 0.25) is 0 Å². The van der Waals surface area contributed by atoms with Gasteiger partial charge in [0.1, 0.15) is 5.69 Å². The molecule has 0 aliphatic carbocycles. The molecule has 0 atom stereocenters. The van der Waals surface area contributed by atoms with Crippen LogP contribution in [0.3, 0.4) is 0 Å². The number of fused-ring (bicyclic) bond motifs is 1. The van der Waals surface area contributed by atoms with Crippen molar-refractivity contribution in [3.05, 3.63) is 42.7 Å². The van der Waals surface area contributed by atoms with Gasteiger partial charge in [0.05, 0.1) is 5.69 Å². The van der Waals surface area contributed by atoms with Crippen LogP contribution in [0.15, 0.2) is 42.7 Å². The highest BCUT2D eigenvalue weighted by Gasteiger charge is 2.11. The van der Waals surface area contributed by atoms with Gasteiger partial charge in [-0.2, -0.15) is 0 Å². The monoisotopic (exact) mass is 210 g/mol. The van der Waals surface area contributed by atoms with Crippen molar-refractivity contribution in [1.29, 1.82) is 0 Å². The molecule has 1 aromatic carbocycles. The number of aromatic nitrogens is 3. The molecule has 0 saturated heterocycles. The molecule has 0 saturated carbocycles. The van der Waals surface area contributed by atoms with Gasteiger partial charge >= 0.3 is 0 Å². The molecule has 3 aromatic rings. The number of nitrogens with one attached hydrogen (secondary N) is 1. The number of nitrogens with zero attached hydrogens (tertiary/aromatic N) is 2. The van der Waals surface area contributed by atoms with E-state index in [0.717, 1.165) is 16.6 Å². The van der Waals surface area contributed by atoms with Gasteiger partial charge in [0.25, 0.3) is 0 Å². The van der Waals surface area contributed by atoms with Gasteiger partial charge in [-0.25, -0.2) is 9.97 Å². The maximum Gasteiger partial charge on any atom is 0.178 e. The highest BCUT2D eigenvalue weighted by Crippen LogP contribution is 2.29. The largest absolute Gasteiger partial charge is 0.396 e. The van der Waals surface area contributed by atoms with Crippen LogP contribution in [0.1, 0.15) is 0 Å². The number of benzene rings is 1. The van der Waals surface area contributed by atoms with Gasteiger partial charge < -0.3 is 10.7 Å². The van der Waals surface area contributed by atoms with Crippen LogP contribution in [0, 0.1) is 0 Å². The smallest absolute Gasteiger partial charge is 0.178 e. The second kappa shape index (κ2) is 3.34. The molecule has 4 heteroatoms. The molecular weight excluding hydrogens is 200 g/mol. The van der Waals surface area contributed by atoms with Crippen LogP contribution < -0.4 is 5.73 Å². The van der Waals surface area contributed by atoms with Crippen molar-refractivity contribution < 1.29 is 0 Å². The van der Waals surface area contributed by atoms with Crippen LogP contribution in [0.5, 0.6) is 0 Å². The molecule has 0 aliphatic rings. The quantitative estimate of drug-likeness (QED) is 0.647. The maximum atomic E-state index is 6.06. The topological polar surface area (TPSA) is 67.6 Å². The van der Waals surface area contributed by atoms with Crippen LogP contribution in [0.25, 0.3) is 22.4 Å². The summed E-state index contributed by atoms with van der Waals surface area (Å²) in [4.78, 5) is 11.6. The van der Waals surface area contributed by atoms with E-state index >= 15 is 0 Å². The fraction of sp³-hybridized carbons (Fsp3) is 0. The number of hydrogen-bond donors (Lipinski definition) is 2. The molecule has 2 heterocycles. The molecule has 2 aromatic heterocycles. The fourth-order valence-corrected chi connectivity index (χ4v) is 1.77. The molecule has 4 nitrogen and oxygen atoms in total. The van der Waals surface area contributed by atoms with E-state index in [4.69, 9.17) is 5.73 Å². The number of nitrogen functional groups attached to an aromatic ring is 1. The number of nitrogens with two attached hydrogens (primary N) is 1. The van der Waals surface area contributed by atoms with Gasteiger partial charge in [0.15, 0.2) is 5.82 Å². The first-order chi connectivity index (χ1) is 7.86. The minimum Gasteiger partial charge on any atom is -0.396 e. The number of para-hydroxylation sites is 1. The Morgan fingerprint density at radius 3 is 2.50 bits per heavy atom. The third-order valence-electron chi connectivity index (χ3n) is 2.54. The van der Waals surface area contributed by atoms with Crippen LogP contribution in [-0.2, 0) is 0 Å². The lowest BCUT2D eigenvalue weighted by molar-refractivity contribution is 1.16. The molecule has 0 bridgehead atoms. The number of anilines is 1. The lowest BCUT2D eigenvalue weighted by atomic mass is 10.2. The summed E-state index contributed by atoms with van der Waals surface area (Å²) < 4.78 is 0. The molecule has 0 unspecified atom stereocenters. The molecule has 0 spiro atoms. The van der Waals surface area contributed by atoms with Crippen molar-refractivity contribution in [2.24, 2.45) is 0 Å². The molecule has 3 rings (SSSR count). The predicted molar refractivity (Wildman–Crippen MR) is 63.7 cm³/mol. The summed E-state index contributed by atoms with van der Waals surface area (Å²) in [6.45, 7) is 0. The predicted octanol–water partition coefficient (Wildman–Crippen LogP) is 2.21. The average molecular weight is 210 g/mol. The molecule has 0 aliphatic heterocycles. The number of hydrogen-bond acceptors (Lipinski definition) is 3. The van der Waals surface area contributed by atoms with Crippen LogP contribution >= 0.6 is 0 Å². The minimum atomic E-state index is 0.621. The highest BCUT2D eigenvalue weighted by molar-refractivity contribution is 5.98. The van der Waals surface area contributed by atoms with Crippen molar-refractivity contribution in [1.82, 2.24) is 15.0 Å². The lowest BCUT2D eigenvalue weighted by Crippen LogP contribution is -1.91. The Kier molecular flexibility index (Phi) is 1.86. The zero-order chi connectivity index (χ0) is 11.0. The van der Waals surface area contributed by atoms with Crippen LogP contribution in [0.4, 0.5) is 5.69 Å². The van der Waals surface area contributed by atoms with Gasteiger partial charge in [-0.1, -0.05) is 18.2 Å². The zero-order valence-electron chi connectivity index (χ0n) is 8.51. The molecule has 0 amide bonds. The summed E-state index contributed by atoms with van der Waals surface area (Å²) >= 11 is 0. The first-order valence-corrected chi connectivity index (χ1v) is 5.00. The Hall–Kier alpha value is -2.36. The number of H-pyrrole nitrogens is 1. The molecule has 16 heavy (non-hydrogen) atoms. The Morgan fingerprint density at radius 1 is 1.00 bits per heavy atom. The van der Waals surface area contributed by atoms with E-state index in [1.807, 2.05) is 24.3 Å². The van der Waals surface area contributed by atoms with E-state index in [1.54, 1.807) is 18.5 Å². The van der Waals surface area contributed by atoms with E-state index in [1.165, 1.54) is 0 Å². The third kappa shape index (κ3) is 1.24. The molecule has 0 fully saturated rings. The standard InChI is InChI=1S/C12H10N4/c13-10-8-4-1-2-5-9(8)16-11(10)12-14-6-3-7-15-12/h1-7,16H,13H2. The van der Waals surface area contributed by atoms with Crippen LogP contribution in [-0.4, -0.2) is 15.0 Å². The molecule has 78 valence electrons. The summed E-state index contributed by atoms with van der Waals surface area (Å²) in [6, 6.07) is 9.67. The molecule has 3 N–H and O–H groups in total. The Bertz CT molecular complexity index is 628. The zero-order valence-corrected chi connectivity index (χ0v) is 8.51. The number of rotatable bonds is 1. The second-order valence-electron chi connectivity index (χ2n) is 3.53. The Balaban J connectivity index is 2.29. The first kappa shape index (κ1) is 8.91. The van der Waals surface area contributed by atoms with E-state index in [0.29, 0.717) is 11.5 Å². The number of aromatic amines is 1. The third-order valence-corrected chi connectivity index (χ3v) is 2.54. The Morgan fingerprint density at radius 2 is 1.75 bits per heavy atom. The van der Waals surface area contributed by atoms with E-state index in [2.05, 4.69) is 15.0 Å². The van der Waals surface area contributed by atoms with Crippen molar-refractivity contribution in [3.63, 3.8) is 0 Å². The lowest BCUT2D eigenvalue weighted by Gasteiger charge is -1.96. The Labute approximate surface area is 92.2 Å². The van der Waals surface area contributed by atoms with Gasteiger partial charge in [-0.05, 0) is 12.1 Å². The summed E-state index contributed by atoms with van der Waals surface area (Å²) in [6.07, 6.45) is 3.40. The van der Waals surface area contributed by atoms with Gasteiger partial charge in [0, 0.05) is 23.3 Å². The highest BCUT2D eigenvalue weighted by atomic mass is 14.9. The van der Waals surface area contributed by atoms with Crippen molar-refractivity contribution in [2.45, 2.75) is 0 Å².